The molecule has 0 saturated carbocycles. The molecule has 162 valence electrons. The largest absolute Gasteiger partial charge is 0.378 e. The summed E-state index contributed by atoms with van der Waals surface area (Å²) in [5.41, 5.74) is 3.14. The molecule has 0 bridgehead atoms. The van der Waals surface area contributed by atoms with E-state index >= 15 is 0 Å². The van der Waals surface area contributed by atoms with E-state index in [-0.39, 0.29) is 5.54 Å². The number of likely N-dealkylation sites (N-methyl/N-ethyl adjacent to an activating group) is 1. The fourth-order valence-corrected chi connectivity index (χ4v) is 4.66. The van der Waals surface area contributed by atoms with E-state index in [0.29, 0.717) is 0 Å². The molecule has 1 saturated heterocycles. The molecule has 3 aromatic rings. The third-order valence-corrected chi connectivity index (χ3v) is 6.40. The summed E-state index contributed by atoms with van der Waals surface area (Å²) in [5, 5.41) is 9.68. The predicted molar refractivity (Wildman–Crippen MR) is 128 cm³/mol. The van der Waals surface area contributed by atoms with Gasteiger partial charge < -0.3 is 20.0 Å². The summed E-state index contributed by atoms with van der Waals surface area (Å²) in [7, 11) is 4.11. The van der Waals surface area contributed by atoms with Crippen LogP contribution in [0.4, 0.5) is 16.6 Å². The van der Waals surface area contributed by atoms with E-state index in [0.717, 1.165) is 59.9 Å². The molecule has 2 aromatic heterocycles. The summed E-state index contributed by atoms with van der Waals surface area (Å²) in [6.07, 6.45) is 0. The van der Waals surface area contributed by atoms with Crippen molar-refractivity contribution < 1.29 is 0 Å². The monoisotopic (exact) mass is 427 g/mol. The minimum absolute atomic E-state index is 0.0924. The highest BCUT2D eigenvalue weighted by Gasteiger charge is 2.25. The quantitative estimate of drug-likeness (QED) is 0.667. The number of nitrogens with zero attached hydrogens (tertiary/aromatic N) is 6. The Morgan fingerprint density at radius 1 is 1.07 bits per heavy atom. The zero-order chi connectivity index (χ0) is 21.5. The van der Waals surface area contributed by atoms with Crippen LogP contribution in [0.15, 0.2) is 24.3 Å². The molecule has 4 rings (SSSR count). The maximum Gasteiger partial charge on any atom is 0.216 e. The smallest absolute Gasteiger partial charge is 0.216 e. The zero-order valence-corrected chi connectivity index (χ0v) is 19.8. The lowest BCUT2D eigenvalue weighted by Crippen LogP contribution is -2.46. The van der Waals surface area contributed by atoms with E-state index in [1.165, 1.54) is 5.69 Å². The van der Waals surface area contributed by atoms with Crippen molar-refractivity contribution in [3.05, 3.63) is 24.3 Å². The summed E-state index contributed by atoms with van der Waals surface area (Å²) in [5.74, 6) is 0.963. The first-order valence-corrected chi connectivity index (χ1v) is 11.5. The minimum atomic E-state index is -0.0924. The Morgan fingerprint density at radius 2 is 1.73 bits per heavy atom. The van der Waals surface area contributed by atoms with Gasteiger partial charge in [0.2, 0.25) is 10.1 Å². The van der Waals surface area contributed by atoms with Crippen molar-refractivity contribution in [2.75, 3.05) is 61.9 Å². The lowest BCUT2D eigenvalue weighted by atomic mass is 10.1. The Hall–Kier alpha value is -2.32. The summed E-state index contributed by atoms with van der Waals surface area (Å²) in [6, 6.07) is 8.55. The van der Waals surface area contributed by atoms with Gasteiger partial charge >= 0.3 is 0 Å². The second kappa shape index (κ2) is 8.07. The van der Waals surface area contributed by atoms with Crippen LogP contribution in [0.5, 0.6) is 0 Å². The van der Waals surface area contributed by atoms with Crippen molar-refractivity contribution in [3.63, 3.8) is 0 Å². The minimum Gasteiger partial charge on any atom is -0.378 e. The molecule has 0 spiro atoms. The molecule has 1 fully saturated rings. The van der Waals surface area contributed by atoms with Gasteiger partial charge in [-0.05, 0) is 39.4 Å². The van der Waals surface area contributed by atoms with Gasteiger partial charge in [-0.1, -0.05) is 30.4 Å². The van der Waals surface area contributed by atoms with Crippen LogP contribution in [0, 0.1) is 0 Å². The number of benzene rings is 1. The van der Waals surface area contributed by atoms with E-state index in [2.05, 4.69) is 86.1 Å². The van der Waals surface area contributed by atoms with Crippen LogP contribution in [-0.2, 0) is 0 Å². The number of nitrogens with one attached hydrogen (secondary N) is 1. The summed E-state index contributed by atoms with van der Waals surface area (Å²) < 4.78 is 1.99. The van der Waals surface area contributed by atoms with Crippen molar-refractivity contribution in [1.29, 1.82) is 0 Å². The Bertz CT molecular complexity index is 989. The number of hydrogen-bond acceptors (Lipinski definition) is 7. The topological polar surface area (TPSA) is 51.9 Å². The van der Waals surface area contributed by atoms with Crippen LogP contribution in [0.25, 0.3) is 16.2 Å². The Balaban J connectivity index is 1.70. The normalized spacial score (nSPS) is 15.7. The molecular formula is C22H33N7S. The SMILES string of the molecule is CCN1CCN(c2nn3c(NC(C)(C)C)c(-c4ccc(N(C)C)cc4)nc3s2)CC1. The molecular weight excluding hydrogens is 394 g/mol. The molecule has 8 heteroatoms. The lowest BCUT2D eigenvalue weighted by Gasteiger charge is -2.33. The molecule has 0 aliphatic carbocycles. The number of aromatic nitrogens is 3. The number of fused-ring (bicyclic) bond motifs is 1. The van der Waals surface area contributed by atoms with Crippen molar-refractivity contribution in [1.82, 2.24) is 19.5 Å². The summed E-state index contributed by atoms with van der Waals surface area (Å²) in [4.78, 5) is 12.9. The summed E-state index contributed by atoms with van der Waals surface area (Å²) >= 11 is 1.68. The van der Waals surface area contributed by atoms with E-state index < -0.39 is 0 Å². The van der Waals surface area contributed by atoms with Gasteiger partial charge in [0.1, 0.15) is 5.69 Å². The predicted octanol–water partition coefficient (Wildman–Crippen LogP) is 3.88. The fraction of sp³-hybridized carbons (Fsp3) is 0.545. The Labute approximate surface area is 183 Å². The zero-order valence-electron chi connectivity index (χ0n) is 18.9. The number of rotatable bonds is 5. The fourth-order valence-electron chi connectivity index (χ4n) is 3.71. The molecule has 0 unspecified atom stereocenters. The highest BCUT2D eigenvalue weighted by Crippen LogP contribution is 2.35. The van der Waals surface area contributed by atoms with Gasteiger partial charge in [0.25, 0.3) is 0 Å². The lowest BCUT2D eigenvalue weighted by molar-refractivity contribution is 0.271. The van der Waals surface area contributed by atoms with Gasteiger partial charge in [0, 0.05) is 57.1 Å². The van der Waals surface area contributed by atoms with Crippen molar-refractivity contribution >= 4 is 32.9 Å². The van der Waals surface area contributed by atoms with E-state index in [4.69, 9.17) is 10.1 Å². The molecule has 0 amide bonds. The number of hydrogen-bond donors (Lipinski definition) is 1. The van der Waals surface area contributed by atoms with Crippen LogP contribution >= 0.6 is 11.3 Å². The Morgan fingerprint density at radius 3 is 2.30 bits per heavy atom. The van der Waals surface area contributed by atoms with Gasteiger partial charge in [-0.15, -0.1) is 5.10 Å². The van der Waals surface area contributed by atoms with Gasteiger partial charge in [0.05, 0.1) is 0 Å². The van der Waals surface area contributed by atoms with Crippen LogP contribution in [0.1, 0.15) is 27.7 Å². The molecule has 30 heavy (non-hydrogen) atoms. The van der Waals surface area contributed by atoms with Crippen LogP contribution < -0.4 is 15.1 Å². The second-order valence-corrected chi connectivity index (χ2v) is 10.1. The van der Waals surface area contributed by atoms with Crippen molar-refractivity contribution in [2.45, 2.75) is 33.2 Å². The first kappa shape index (κ1) is 20.9. The molecule has 1 N–H and O–H groups in total. The molecule has 7 nitrogen and oxygen atoms in total. The van der Waals surface area contributed by atoms with E-state index in [9.17, 15) is 0 Å². The van der Waals surface area contributed by atoms with Crippen LogP contribution in [-0.4, -0.2) is 71.9 Å². The third-order valence-electron chi connectivity index (χ3n) is 5.43. The highest BCUT2D eigenvalue weighted by molar-refractivity contribution is 7.20. The standard InChI is InChI=1S/C22H33N7S/c1-7-27-12-14-28(15-13-27)21-25-29-19(24-22(2,3)4)18(23-20(29)30-21)16-8-10-17(11-9-16)26(5)6/h8-11,24H,7,12-15H2,1-6H3. The van der Waals surface area contributed by atoms with Crippen LogP contribution in [0.3, 0.4) is 0 Å². The van der Waals surface area contributed by atoms with Gasteiger partial charge in [-0.25, -0.2) is 4.98 Å². The third kappa shape index (κ3) is 4.25. The van der Waals surface area contributed by atoms with Crippen LogP contribution in [0.2, 0.25) is 0 Å². The first-order chi connectivity index (χ1) is 14.2. The molecule has 1 aliphatic heterocycles. The van der Waals surface area contributed by atoms with Gasteiger partial charge in [-0.3, -0.25) is 0 Å². The van der Waals surface area contributed by atoms with Crippen molar-refractivity contribution in [3.8, 4) is 11.3 Å². The van der Waals surface area contributed by atoms with E-state index in [1.54, 1.807) is 11.3 Å². The van der Waals surface area contributed by atoms with Crippen molar-refractivity contribution in [2.24, 2.45) is 0 Å². The van der Waals surface area contributed by atoms with E-state index in [1.807, 2.05) is 4.52 Å². The second-order valence-electron chi connectivity index (χ2n) is 9.13. The van der Waals surface area contributed by atoms with Gasteiger partial charge in [-0.2, -0.15) is 4.52 Å². The molecule has 0 atom stereocenters. The molecule has 3 heterocycles. The first-order valence-electron chi connectivity index (χ1n) is 10.7. The molecule has 1 aliphatic rings. The average molecular weight is 428 g/mol. The number of imidazole rings is 1. The Kier molecular flexibility index (Phi) is 5.63. The summed E-state index contributed by atoms with van der Waals surface area (Å²) in [6.45, 7) is 14.1. The molecule has 1 aromatic carbocycles. The van der Waals surface area contributed by atoms with Gasteiger partial charge in [0.15, 0.2) is 5.82 Å². The number of piperazine rings is 1. The molecule has 0 radical (unpaired) electrons. The maximum absolute atomic E-state index is 4.99. The maximum atomic E-state index is 4.99. The average Bonchev–Trinajstić information content (AvgIpc) is 3.26. The highest BCUT2D eigenvalue weighted by atomic mass is 32.1. The number of anilines is 3.